The SMILES string of the molecule is NC(=S)c1ncccc1COc1ccc(F)cc1Cl. The minimum atomic E-state index is -0.414. The number of halogens is 2. The normalized spacial score (nSPS) is 10.2. The molecule has 3 nitrogen and oxygen atoms in total. The monoisotopic (exact) mass is 296 g/mol. The molecule has 0 saturated carbocycles. The van der Waals surface area contributed by atoms with Crippen molar-refractivity contribution in [2.75, 3.05) is 0 Å². The van der Waals surface area contributed by atoms with Gasteiger partial charge in [0, 0.05) is 11.8 Å². The Morgan fingerprint density at radius 1 is 1.42 bits per heavy atom. The minimum absolute atomic E-state index is 0.199. The molecule has 0 radical (unpaired) electrons. The number of rotatable bonds is 4. The molecule has 0 saturated heterocycles. The molecule has 6 heteroatoms. The van der Waals surface area contributed by atoms with E-state index in [1.54, 1.807) is 18.3 Å². The lowest BCUT2D eigenvalue weighted by molar-refractivity contribution is 0.305. The summed E-state index contributed by atoms with van der Waals surface area (Å²) >= 11 is 10.8. The third-order valence-corrected chi connectivity index (χ3v) is 2.89. The quantitative estimate of drug-likeness (QED) is 0.881. The van der Waals surface area contributed by atoms with Gasteiger partial charge in [-0.2, -0.15) is 0 Å². The molecule has 1 aromatic heterocycles. The van der Waals surface area contributed by atoms with Crippen LogP contribution in [0.4, 0.5) is 4.39 Å². The van der Waals surface area contributed by atoms with Crippen LogP contribution in [0.2, 0.25) is 5.02 Å². The number of aromatic nitrogens is 1. The molecule has 0 fully saturated rings. The van der Waals surface area contributed by atoms with Gasteiger partial charge in [-0.15, -0.1) is 0 Å². The molecular formula is C13H10ClFN2OS. The van der Waals surface area contributed by atoms with Gasteiger partial charge in [-0.1, -0.05) is 29.9 Å². The topological polar surface area (TPSA) is 48.1 Å². The van der Waals surface area contributed by atoms with Crippen molar-refractivity contribution in [1.82, 2.24) is 4.98 Å². The molecular weight excluding hydrogens is 287 g/mol. The smallest absolute Gasteiger partial charge is 0.138 e. The van der Waals surface area contributed by atoms with E-state index in [0.717, 1.165) is 5.56 Å². The minimum Gasteiger partial charge on any atom is -0.487 e. The molecule has 0 unspecified atom stereocenters. The fourth-order valence-corrected chi connectivity index (χ4v) is 1.93. The van der Waals surface area contributed by atoms with E-state index in [0.29, 0.717) is 11.4 Å². The maximum atomic E-state index is 12.9. The third kappa shape index (κ3) is 3.39. The van der Waals surface area contributed by atoms with Gasteiger partial charge in [0.15, 0.2) is 0 Å². The lowest BCUT2D eigenvalue weighted by atomic mass is 10.2. The van der Waals surface area contributed by atoms with Gasteiger partial charge in [0.25, 0.3) is 0 Å². The Hall–Kier alpha value is -1.72. The number of pyridine rings is 1. The molecule has 1 aromatic carbocycles. The van der Waals surface area contributed by atoms with Crippen LogP contribution in [0.15, 0.2) is 36.5 Å². The number of thiocarbonyl (C=S) groups is 1. The van der Waals surface area contributed by atoms with Crippen LogP contribution in [-0.2, 0) is 6.61 Å². The Kier molecular flexibility index (Phi) is 4.29. The molecule has 2 rings (SSSR count). The third-order valence-electron chi connectivity index (χ3n) is 2.40. The second kappa shape index (κ2) is 5.95. The highest BCUT2D eigenvalue weighted by Crippen LogP contribution is 2.25. The predicted molar refractivity (Wildman–Crippen MR) is 75.9 cm³/mol. The van der Waals surface area contributed by atoms with Crippen LogP contribution >= 0.6 is 23.8 Å². The van der Waals surface area contributed by atoms with Crippen molar-refractivity contribution in [3.63, 3.8) is 0 Å². The van der Waals surface area contributed by atoms with Crippen LogP contribution in [-0.4, -0.2) is 9.97 Å². The highest BCUT2D eigenvalue weighted by Gasteiger charge is 2.08. The molecule has 0 spiro atoms. The van der Waals surface area contributed by atoms with Crippen LogP contribution in [0, 0.1) is 5.82 Å². The molecule has 0 aliphatic carbocycles. The molecule has 0 bridgehead atoms. The molecule has 0 aliphatic heterocycles. The van der Waals surface area contributed by atoms with Crippen molar-refractivity contribution < 1.29 is 9.13 Å². The van der Waals surface area contributed by atoms with Crippen LogP contribution in [0.5, 0.6) is 5.75 Å². The van der Waals surface area contributed by atoms with Crippen LogP contribution in [0.25, 0.3) is 0 Å². The first-order valence-electron chi connectivity index (χ1n) is 5.39. The molecule has 98 valence electrons. The van der Waals surface area contributed by atoms with Crippen molar-refractivity contribution in [3.8, 4) is 5.75 Å². The largest absolute Gasteiger partial charge is 0.487 e. The van der Waals surface area contributed by atoms with Gasteiger partial charge in [-0.25, -0.2) is 4.39 Å². The summed E-state index contributed by atoms with van der Waals surface area (Å²) in [6.45, 7) is 0.200. The lowest BCUT2D eigenvalue weighted by Crippen LogP contribution is -2.15. The van der Waals surface area contributed by atoms with Gasteiger partial charge in [-0.3, -0.25) is 4.98 Å². The number of nitrogens with two attached hydrogens (primary N) is 1. The summed E-state index contributed by atoms with van der Waals surface area (Å²) in [6.07, 6.45) is 1.60. The number of hydrogen-bond acceptors (Lipinski definition) is 3. The highest BCUT2D eigenvalue weighted by molar-refractivity contribution is 7.80. The summed E-state index contributed by atoms with van der Waals surface area (Å²) in [5.41, 5.74) is 6.83. The maximum absolute atomic E-state index is 12.9. The van der Waals surface area contributed by atoms with Gasteiger partial charge in [0.05, 0.1) is 5.02 Å². The van der Waals surface area contributed by atoms with E-state index in [1.807, 2.05) is 0 Å². The van der Waals surface area contributed by atoms with Crippen LogP contribution in [0.3, 0.4) is 0 Å². The van der Waals surface area contributed by atoms with Gasteiger partial charge in [0.2, 0.25) is 0 Å². The second-order valence-electron chi connectivity index (χ2n) is 3.74. The lowest BCUT2D eigenvalue weighted by Gasteiger charge is -2.10. The van der Waals surface area contributed by atoms with E-state index >= 15 is 0 Å². The summed E-state index contributed by atoms with van der Waals surface area (Å²) in [7, 11) is 0. The van der Waals surface area contributed by atoms with Gasteiger partial charge < -0.3 is 10.5 Å². The molecule has 0 atom stereocenters. The Morgan fingerprint density at radius 2 is 2.21 bits per heavy atom. The summed E-state index contributed by atoms with van der Waals surface area (Å²) in [5, 5.41) is 0.209. The zero-order valence-corrected chi connectivity index (χ0v) is 11.3. The Bertz CT molecular complexity index is 621. The molecule has 1 heterocycles. The summed E-state index contributed by atoms with van der Waals surface area (Å²) in [5.74, 6) is -0.0247. The molecule has 2 N–H and O–H groups in total. The first-order chi connectivity index (χ1) is 9.08. The zero-order valence-electron chi connectivity index (χ0n) is 9.77. The first kappa shape index (κ1) is 13.7. The Balaban J connectivity index is 2.17. The van der Waals surface area contributed by atoms with Gasteiger partial charge >= 0.3 is 0 Å². The van der Waals surface area contributed by atoms with Crippen molar-refractivity contribution in [3.05, 3.63) is 58.6 Å². The van der Waals surface area contributed by atoms with Crippen LogP contribution < -0.4 is 10.5 Å². The predicted octanol–water partition coefficient (Wildman–Crippen LogP) is 3.09. The number of ether oxygens (including phenoxy) is 1. The highest BCUT2D eigenvalue weighted by atomic mass is 35.5. The van der Waals surface area contributed by atoms with Crippen molar-refractivity contribution in [2.45, 2.75) is 6.61 Å². The van der Waals surface area contributed by atoms with Crippen molar-refractivity contribution >= 4 is 28.8 Å². The van der Waals surface area contributed by atoms with Crippen LogP contribution in [0.1, 0.15) is 11.3 Å². The van der Waals surface area contributed by atoms with E-state index < -0.39 is 5.82 Å². The van der Waals surface area contributed by atoms with Crippen molar-refractivity contribution in [2.24, 2.45) is 5.73 Å². The van der Waals surface area contributed by atoms with Gasteiger partial charge in [0.1, 0.15) is 28.9 Å². The van der Waals surface area contributed by atoms with Crippen molar-refractivity contribution in [1.29, 1.82) is 0 Å². The summed E-state index contributed by atoms with van der Waals surface area (Å²) in [6, 6.07) is 7.49. The summed E-state index contributed by atoms with van der Waals surface area (Å²) < 4.78 is 18.4. The van der Waals surface area contributed by atoms with E-state index in [9.17, 15) is 4.39 Å². The van der Waals surface area contributed by atoms with E-state index in [1.165, 1.54) is 18.2 Å². The molecule has 0 aliphatic rings. The molecule has 2 aromatic rings. The van der Waals surface area contributed by atoms with E-state index in [4.69, 9.17) is 34.3 Å². The fraction of sp³-hybridized carbons (Fsp3) is 0.0769. The summed E-state index contributed by atoms with van der Waals surface area (Å²) in [4.78, 5) is 4.29. The standard InChI is InChI=1S/C13H10ClFN2OS/c14-10-6-9(15)3-4-11(10)18-7-8-2-1-5-17-12(8)13(16)19/h1-6H,7H2,(H2,16,19). The van der Waals surface area contributed by atoms with E-state index in [2.05, 4.69) is 4.98 Å². The van der Waals surface area contributed by atoms with Gasteiger partial charge in [-0.05, 0) is 24.3 Å². The fourth-order valence-electron chi connectivity index (χ4n) is 1.52. The first-order valence-corrected chi connectivity index (χ1v) is 6.18. The van der Waals surface area contributed by atoms with E-state index in [-0.39, 0.29) is 16.6 Å². The molecule has 0 amide bonds. The number of nitrogens with zero attached hydrogens (tertiary/aromatic N) is 1. The maximum Gasteiger partial charge on any atom is 0.138 e. The zero-order chi connectivity index (χ0) is 13.8. The second-order valence-corrected chi connectivity index (χ2v) is 4.59. The number of hydrogen-bond donors (Lipinski definition) is 1. The Labute approximate surface area is 120 Å². The molecule has 19 heavy (non-hydrogen) atoms. The average Bonchev–Trinajstić information content (AvgIpc) is 2.38. The Morgan fingerprint density at radius 3 is 2.89 bits per heavy atom. The average molecular weight is 297 g/mol. The number of benzene rings is 1.